The summed E-state index contributed by atoms with van der Waals surface area (Å²) >= 11 is 1.87. The van der Waals surface area contributed by atoms with Crippen molar-refractivity contribution in [2.24, 2.45) is 0 Å². The highest BCUT2D eigenvalue weighted by Gasteiger charge is 2.46. The van der Waals surface area contributed by atoms with Gasteiger partial charge in [0.05, 0.1) is 34.0 Å². The van der Waals surface area contributed by atoms with Gasteiger partial charge in [-0.15, -0.1) is 11.3 Å². The summed E-state index contributed by atoms with van der Waals surface area (Å²) in [6, 6.07) is 151. The number of fused-ring (bicyclic) bond motifs is 11. The number of para-hydroxylation sites is 7. The van der Waals surface area contributed by atoms with Crippen LogP contribution in [0.25, 0.3) is 103 Å². The predicted octanol–water partition coefficient (Wildman–Crippen LogP) is 26.4. The van der Waals surface area contributed by atoms with Gasteiger partial charge < -0.3 is 24.2 Å². The summed E-state index contributed by atoms with van der Waals surface area (Å²) in [5.41, 5.74) is 30.9. The molecule has 0 bridgehead atoms. The van der Waals surface area contributed by atoms with Gasteiger partial charge in [-0.25, -0.2) is 0 Å². The summed E-state index contributed by atoms with van der Waals surface area (Å²) in [5, 5.41) is 15.3. The Hall–Kier alpha value is -14.5. The number of nitriles is 1. The van der Waals surface area contributed by atoms with Gasteiger partial charge >= 0.3 is 0 Å². The molecule has 2 aliphatic rings. The van der Waals surface area contributed by atoms with Crippen LogP contribution in [-0.4, -0.2) is 11.3 Å². The zero-order chi connectivity index (χ0) is 73.5. The van der Waals surface area contributed by atoms with E-state index in [1.54, 1.807) is 0 Å². The van der Waals surface area contributed by atoms with Crippen LogP contribution in [0.3, 0.4) is 0 Å². The predicted molar refractivity (Wildman–Crippen MR) is 469 cm³/mol. The maximum Gasteiger partial charge on any atom is 0.252 e. The van der Waals surface area contributed by atoms with Crippen molar-refractivity contribution in [3.05, 3.63) is 412 Å². The van der Waals surface area contributed by atoms with Gasteiger partial charge in [0.1, 0.15) is 0 Å². The lowest BCUT2D eigenvalue weighted by Gasteiger charge is -2.46. The second-order valence-electron chi connectivity index (χ2n) is 28.6. The van der Waals surface area contributed by atoms with Crippen LogP contribution in [0.4, 0.5) is 68.2 Å². The Labute approximate surface area is 649 Å². The maximum atomic E-state index is 10.3. The van der Waals surface area contributed by atoms with Crippen LogP contribution < -0.4 is 36.0 Å². The molecule has 111 heavy (non-hydrogen) atoms. The molecule has 19 aromatic rings. The van der Waals surface area contributed by atoms with Crippen molar-refractivity contribution in [1.29, 1.82) is 5.26 Å². The summed E-state index contributed by atoms with van der Waals surface area (Å²) in [6.07, 6.45) is 0. The fourth-order valence-corrected chi connectivity index (χ4v) is 18.7. The molecule has 6 nitrogen and oxygen atoms in total. The molecule has 0 fully saturated rings. The quantitative estimate of drug-likeness (QED) is 0.102. The average Bonchev–Trinajstić information content (AvgIpc) is 1.30. The molecule has 0 spiro atoms. The van der Waals surface area contributed by atoms with Crippen molar-refractivity contribution in [1.82, 2.24) is 4.57 Å². The molecule has 0 saturated heterocycles. The van der Waals surface area contributed by atoms with Crippen LogP contribution >= 0.6 is 11.3 Å². The molecule has 21 rings (SSSR count). The Balaban J connectivity index is 0.916. The van der Waals surface area contributed by atoms with Gasteiger partial charge in [0, 0.05) is 116 Å². The molecule has 0 atom stereocenters. The zero-order valence-corrected chi connectivity index (χ0v) is 61.2. The number of hydrogen-bond acceptors (Lipinski definition) is 6. The minimum atomic E-state index is -0.328. The van der Waals surface area contributed by atoms with Gasteiger partial charge in [-0.05, 0) is 183 Å². The molecule has 0 N–H and O–H groups in total. The Kier molecular flexibility index (Phi) is 15.8. The molecule has 518 valence electrons. The van der Waals surface area contributed by atoms with Crippen LogP contribution in [0, 0.1) is 11.3 Å². The Morgan fingerprint density at radius 3 is 1.15 bits per heavy atom. The van der Waals surface area contributed by atoms with Gasteiger partial charge in [-0.3, -0.25) is 0 Å². The van der Waals surface area contributed by atoms with E-state index < -0.39 is 0 Å². The molecule has 17 aromatic carbocycles. The monoisotopic (exact) mass is 1430 g/mol. The van der Waals surface area contributed by atoms with E-state index in [0.717, 1.165) is 140 Å². The fourth-order valence-electron chi connectivity index (χ4n) is 17.5. The standard InChI is InChI=1S/C103H67BN6S/c105-68-69-51-54-80(55-52-69)107(78-41-21-7-22-42-78)82-57-60-90-94(67-82)110(103-85(72-33-13-3-14-34-72)48-28-49-86(103)73-35-15-4-16-36-73)96-64-75(74-53-58-88-98(65-74)111-97-62-61-92-99(100(88)97)87-45-25-26-50-91(87)108(92)79-43-23-8-24-44-79)63-95-101(96)104(90)89-59-56-81(106(76-37-17-5-18-38-76)77-39-19-6-20-40-77)66-93(89)109(95)102-83(70-29-9-1-10-30-70)46-27-47-84(102)71-31-11-2-12-32-71/h1-67H. The van der Waals surface area contributed by atoms with E-state index in [0.29, 0.717) is 5.56 Å². The average molecular weight is 1430 g/mol. The van der Waals surface area contributed by atoms with E-state index in [9.17, 15) is 5.26 Å². The van der Waals surface area contributed by atoms with E-state index in [4.69, 9.17) is 0 Å². The summed E-state index contributed by atoms with van der Waals surface area (Å²) in [7, 11) is 0. The molecule has 4 heterocycles. The highest BCUT2D eigenvalue weighted by molar-refractivity contribution is 7.26. The normalized spacial score (nSPS) is 12.1. The third-order valence-corrected chi connectivity index (χ3v) is 23.4. The number of rotatable bonds is 14. The first-order valence-corrected chi connectivity index (χ1v) is 38.6. The first-order valence-electron chi connectivity index (χ1n) is 37.8. The lowest BCUT2D eigenvalue weighted by molar-refractivity contribution is 1.18. The summed E-state index contributed by atoms with van der Waals surface area (Å²) in [4.78, 5) is 10.0. The van der Waals surface area contributed by atoms with Crippen LogP contribution in [0.2, 0.25) is 0 Å². The Morgan fingerprint density at radius 1 is 0.279 bits per heavy atom. The lowest BCUT2D eigenvalue weighted by Crippen LogP contribution is -2.61. The number of hydrogen-bond donors (Lipinski definition) is 0. The molecule has 0 amide bonds. The van der Waals surface area contributed by atoms with E-state index >= 15 is 0 Å². The van der Waals surface area contributed by atoms with E-state index in [1.165, 1.54) is 47.4 Å². The van der Waals surface area contributed by atoms with Crippen molar-refractivity contribution in [2.75, 3.05) is 19.6 Å². The van der Waals surface area contributed by atoms with E-state index in [-0.39, 0.29) is 6.71 Å². The smallest absolute Gasteiger partial charge is 0.252 e. The molecule has 2 aromatic heterocycles. The fraction of sp³-hybridized carbons (Fsp3) is 0. The van der Waals surface area contributed by atoms with E-state index in [2.05, 4.69) is 425 Å². The summed E-state index contributed by atoms with van der Waals surface area (Å²) < 4.78 is 4.88. The van der Waals surface area contributed by atoms with Crippen molar-refractivity contribution in [2.45, 2.75) is 0 Å². The molecule has 8 heteroatoms. The molecular weight excluding hydrogens is 1360 g/mol. The van der Waals surface area contributed by atoms with Gasteiger partial charge in [0.2, 0.25) is 0 Å². The number of aromatic nitrogens is 1. The minimum absolute atomic E-state index is 0.328. The van der Waals surface area contributed by atoms with Crippen LogP contribution in [0.15, 0.2) is 406 Å². The van der Waals surface area contributed by atoms with Gasteiger partial charge in [-0.1, -0.05) is 273 Å². The zero-order valence-electron chi connectivity index (χ0n) is 60.4. The Morgan fingerprint density at radius 2 is 0.694 bits per heavy atom. The molecule has 0 unspecified atom stereocenters. The number of nitrogens with zero attached hydrogens (tertiary/aromatic N) is 6. The molecule has 0 saturated carbocycles. The number of benzene rings is 17. The maximum absolute atomic E-state index is 10.3. The van der Waals surface area contributed by atoms with Gasteiger partial charge in [0.15, 0.2) is 0 Å². The summed E-state index contributed by atoms with van der Waals surface area (Å²) in [5.74, 6) is 0. The molecular formula is C103H67BN6S. The molecule has 0 radical (unpaired) electrons. The third-order valence-electron chi connectivity index (χ3n) is 22.3. The molecule has 2 aliphatic heterocycles. The minimum Gasteiger partial charge on any atom is -0.310 e. The van der Waals surface area contributed by atoms with Crippen LogP contribution in [-0.2, 0) is 0 Å². The largest absolute Gasteiger partial charge is 0.310 e. The highest BCUT2D eigenvalue weighted by atomic mass is 32.1. The second kappa shape index (κ2) is 27.1. The van der Waals surface area contributed by atoms with Crippen molar-refractivity contribution >= 4 is 145 Å². The van der Waals surface area contributed by atoms with Crippen molar-refractivity contribution < 1.29 is 0 Å². The Bertz CT molecular complexity index is 6660. The second-order valence-corrected chi connectivity index (χ2v) is 29.6. The van der Waals surface area contributed by atoms with Crippen molar-refractivity contribution in [3.8, 4) is 67.4 Å². The lowest BCUT2D eigenvalue weighted by atomic mass is 9.33. The number of anilines is 12. The van der Waals surface area contributed by atoms with Crippen LogP contribution in [0.5, 0.6) is 0 Å². The van der Waals surface area contributed by atoms with E-state index in [1.807, 2.05) is 23.5 Å². The van der Waals surface area contributed by atoms with Crippen LogP contribution in [0.1, 0.15) is 5.56 Å². The SMILES string of the molecule is N#Cc1ccc(N(c2ccccc2)c2ccc3c(c2)N(c2c(-c4ccccc4)cccc2-c2ccccc2)c2cc(-c4ccc5c(c4)sc4ccc6c(c7ccccc7n6-c6ccccc6)c45)cc4c2B3c2ccc(N(c3ccccc3)c3ccccc3)cc2N4c2c(-c3ccccc3)cccc2-c2ccccc2)cc1. The first-order chi connectivity index (χ1) is 55.1. The third kappa shape index (κ3) is 10.9. The summed E-state index contributed by atoms with van der Waals surface area (Å²) in [6.45, 7) is -0.328. The topological polar surface area (TPSA) is 41.7 Å². The molecule has 0 aliphatic carbocycles. The highest BCUT2D eigenvalue weighted by Crippen LogP contribution is 2.56. The van der Waals surface area contributed by atoms with Crippen molar-refractivity contribution in [3.63, 3.8) is 0 Å². The number of thiophene rings is 1. The first kappa shape index (κ1) is 64.9. The van der Waals surface area contributed by atoms with Gasteiger partial charge in [-0.2, -0.15) is 5.26 Å². The van der Waals surface area contributed by atoms with Gasteiger partial charge in [0.25, 0.3) is 6.71 Å².